The van der Waals surface area contributed by atoms with Crippen molar-refractivity contribution in [1.29, 1.82) is 0 Å². The second-order valence-electron chi connectivity index (χ2n) is 5.41. The minimum atomic E-state index is -0.262. The number of benzene rings is 1. The van der Waals surface area contributed by atoms with Gasteiger partial charge in [0, 0.05) is 19.0 Å². The first-order valence-electron chi connectivity index (χ1n) is 6.85. The van der Waals surface area contributed by atoms with Gasteiger partial charge in [0.15, 0.2) is 0 Å². The second kappa shape index (κ2) is 7.60. The molecule has 0 radical (unpaired) electrons. The average molecular weight is 301 g/mol. The standard InChI is InChI=1S/C15H21FN2O.ClH/c1-10(12-3-2-4-13(16)8-12)7-15(19)18-14(9-17)11-5-6-11;/h2-4,8,10-11,14H,5-7,9,17H2,1H3,(H,18,19);1H. The Morgan fingerprint density at radius 1 is 1.50 bits per heavy atom. The third kappa shape index (κ3) is 4.76. The first-order valence-corrected chi connectivity index (χ1v) is 6.85. The van der Waals surface area contributed by atoms with Crippen LogP contribution in [0.5, 0.6) is 0 Å². The summed E-state index contributed by atoms with van der Waals surface area (Å²) >= 11 is 0. The predicted octanol–water partition coefficient (Wildman–Crippen LogP) is 2.59. The van der Waals surface area contributed by atoms with Crippen molar-refractivity contribution in [2.45, 2.75) is 38.1 Å². The maximum atomic E-state index is 13.1. The van der Waals surface area contributed by atoms with E-state index in [0.717, 1.165) is 18.4 Å². The van der Waals surface area contributed by atoms with E-state index in [1.807, 2.05) is 13.0 Å². The van der Waals surface area contributed by atoms with Crippen LogP contribution in [-0.4, -0.2) is 18.5 Å². The monoisotopic (exact) mass is 300 g/mol. The molecule has 1 aromatic rings. The molecule has 2 atom stereocenters. The molecule has 1 aliphatic rings. The summed E-state index contributed by atoms with van der Waals surface area (Å²) in [6, 6.07) is 6.52. The lowest BCUT2D eigenvalue weighted by Gasteiger charge is -2.18. The van der Waals surface area contributed by atoms with Crippen LogP contribution in [0.25, 0.3) is 0 Å². The van der Waals surface area contributed by atoms with Gasteiger partial charge in [0.25, 0.3) is 0 Å². The fourth-order valence-electron chi connectivity index (χ4n) is 2.34. The topological polar surface area (TPSA) is 55.1 Å². The van der Waals surface area contributed by atoms with Crippen molar-refractivity contribution in [2.75, 3.05) is 6.54 Å². The molecular weight excluding hydrogens is 279 g/mol. The molecule has 20 heavy (non-hydrogen) atoms. The maximum absolute atomic E-state index is 13.1. The molecule has 1 saturated carbocycles. The Kier molecular flexibility index (Phi) is 6.43. The van der Waals surface area contributed by atoms with Crippen molar-refractivity contribution < 1.29 is 9.18 Å². The number of halogens is 2. The first kappa shape index (κ1) is 16.9. The van der Waals surface area contributed by atoms with Crippen molar-refractivity contribution in [3.8, 4) is 0 Å². The zero-order chi connectivity index (χ0) is 13.8. The highest BCUT2D eigenvalue weighted by molar-refractivity contribution is 5.85. The third-order valence-electron chi connectivity index (χ3n) is 3.70. The molecule has 0 aromatic heterocycles. The van der Waals surface area contributed by atoms with Crippen LogP contribution < -0.4 is 11.1 Å². The molecule has 2 unspecified atom stereocenters. The van der Waals surface area contributed by atoms with Crippen LogP contribution in [0.2, 0.25) is 0 Å². The molecule has 5 heteroatoms. The summed E-state index contributed by atoms with van der Waals surface area (Å²) in [6.45, 7) is 2.42. The highest BCUT2D eigenvalue weighted by Crippen LogP contribution is 2.32. The minimum absolute atomic E-state index is 0. The van der Waals surface area contributed by atoms with Crippen LogP contribution in [0.1, 0.15) is 37.7 Å². The molecule has 0 heterocycles. The molecule has 1 aliphatic carbocycles. The van der Waals surface area contributed by atoms with Gasteiger partial charge in [-0.2, -0.15) is 0 Å². The maximum Gasteiger partial charge on any atom is 0.220 e. The van der Waals surface area contributed by atoms with Crippen LogP contribution in [0.3, 0.4) is 0 Å². The smallest absolute Gasteiger partial charge is 0.220 e. The van der Waals surface area contributed by atoms with Crippen molar-refractivity contribution in [3.05, 3.63) is 35.6 Å². The van der Waals surface area contributed by atoms with E-state index in [9.17, 15) is 9.18 Å². The molecule has 0 aliphatic heterocycles. The van der Waals surface area contributed by atoms with Gasteiger partial charge < -0.3 is 11.1 Å². The Balaban J connectivity index is 0.00000200. The second-order valence-corrected chi connectivity index (χ2v) is 5.41. The van der Waals surface area contributed by atoms with Gasteiger partial charge in [0.2, 0.25) is 5.91 Å². The number of hydrogen-bond donors (Lipinski definition) is 2. The Hall–Kier alpha value is -1.13. The van der Waals surface area contributed by atoms with E-state index < -0.39 is 0 Å². The third-order valence-corrected chi connectivity index (χ3v) is 3.70. The molecule has 2 rings (SSSR count). The zero-order valence-electron chi connectivity index (χ0n) is 11.6. The van der Waals surface area contributed by atoms with E-state index in [1.165, 1.54) is 12.1 Å². The van der Waals surface area contributed by atoms with Crippen LogP contribution >= 0.6 is 12.4 Å². The molecule has 3 nitrogen and oxygen atoms in total. The van der Waals surface area contributed by atoms with Crippen molar-refractivity contribution in [2.24, 2.45) is 11.7 Å². The quantitative estimate of drug-likeness (QED) is 0.848. The van der Waals surface area contributed by atoms with Crippen LogP contribution in [0.15, 0.2) is 24.3 Å². The zero-order valence-corrected chi connectivity index (χ0v) is 12.5. The van der Waals surface area contributed by atoms with Crippen molar-refractivity contribution in [3.63, 3.8) is 0 Å². The van der Waals surface area contributed by atoms with Crippen molar-refractivity contribution in [1.82, 2.24) is 5.32 Å². The van der Waals surface area contributed by atoms with Gasteiger partial charge in [0.05, 0.1) is 0 Å². The SMILES string of the molecule is CC(CC(=O)NC(CN)C1CC1)c1cccc(F)c1.Cl. The van der Waals surface area contributed by atoms with E-state index in [0.29, 0.717) is 18.9 Å². The summed E-state index contributed by atoms with van der Waals surface area (Å²) in [7, 11) is 0. The lowest BCUT2D eigenvalue weighted by molar-refractivity contribution is -0.122. The lowest BCUT2D eigenvalue weighted by atomic mass is 9.97. The fraction of sp³-hybridized carbons (Fsp3) is 0.533. The van der Waals surface area contributed by atoms with Crippen LogP contribution in [0, 0.1) is 11.7 Å². The normalized spacial score (nSPS) is 16.9. The Morgan fingerprint density at radius 2 is 2.20 bits per heavy atom. The summed E-state index contributed by atoms with van der Waals surface area (Å²) in [4.78, 5) is 12.0. The van der Waals surface area contributed by atoms with Gasteiger partial charge in [-0.25, -0.2) is 4.39 Å². The Bertz CT molecular complexity index is 451. The minimum Gasteiger partial charge on any atom is -0.352 e. The molecule has 0 saturated heterocycles. The number of hydrogen-bond acceptors (Lipinski definition) is 2. The highest BCUT2D eigenvalue weighted by atomic mass is 35.5. The summed E-state index contributed by atoms with van der Waals surface area (Å²) in [5.74, 6) is 0.299. The highest BCUT2D eigenvalue weighted by Gasteiger charge is 2.31. The molecule has 1 amide bonds. The lowest BCUT2D eigenvalue weighted by Crippen LogP contribution is -2.42. The molecular formula is C15H22ClFN2O. The van der Waals surface area contributed by atoms with Gasteiger partial charge >= 0.3 is 0 Å². The molecule has 3 N–H and O–H groups in total. The summed E-state index contributed by atoms with van der Waals surface area (Å²) < 4.78 is 13.1. The van der Waals surface area contributed by atoms with Gasteiger partial charge in [-0.15, -0.1) is 12.4 Å². The van der Waals surface area contributed by atoms with Gasteiger partial charge in [0.1, 0.15) is 5.82 Å². The Labute approximate surface area is 125 Å². The number of nitrogens with two attached hydrogens (primary N) is 1. The first-order chi connectivity index (χ1) is 9.10. The van der Waals surface area contributed by atoms with Crippen LogP contribution in [0.4, 0.5) is 4.39 Å². The number of carbonyl (C=O) groups excluding carboxylic acids is 1. The van der Waals surface area contributed by atoms with E-state index in [4.69, 9.17) is 5.73 Å². The van der Waals surface area contributed by atoms with E-state index >= 15 is 0 Å². The number of amides is 1. The van der Waals surface area contributed by atoms with E-state index in [2.05, 4.69) is 5.32 Å². The fourth-order valence-corrected chi connectivity index (χ4v) is 2.34. The van der Waals surface area contributed by atoms with Crippen LogP contribution in [-0.2, 0) is 4.79 Å². The van der Waals surface area contributed by atoms with Crippen molar-refractivity contribution >= 4 is 18.3 Å². The largest absolute Gasteiger partial charge is 0.352 e. The van der Waals surface area contributed by atoms with E-state index in [1.54, 1.807) is 6.07 Å². The molecule has 1 aromatic carbocycles. The van der Waals surface area contributed by atoms with E-state index in [-0.39, 0.29) is 36.1 Å². The summed E-state index contributed by atoms with van der Waals surface area (Å²) in [6.07, 6.45) is 2.68. The van der Waals surface area contributed by atoms with Gasteiger partial charge in [-0.1, -0.05) is 19.1 Å². The number of rotatable bonds is 6. The molecule has 0 spiro atoms. The predicted molar refractivity (Wildman–Crippen MR) is 80.4 cm³/mol. The summed E-state index contributed by atoms with van der Waals surface area (Å²) in [5.41, 5.74) is 6.51. The molecule has 112 valence electrons. The van der Waals surface area contributed by atoms with Gasteiger partial charge in [-0.05, 0) is 42.4 Å². The molecule has 0 bridgehead atoms. The Morgan fingerprint density at radius 3 is 2.75 bits per heavy atom. The molecule has 1 fully saturated rings. The average Bonchev–Trinajstić information content (AvgIpc) is 3.20. The summed E-state index contributed by atoms with van der Waals surface area (Å²) in [5, 5.41) is 2.99. The number of carbonyl (C=O) groups is 1. The van der Waals surface area contributed by atoms with Gasteiger partial charge in [-0.3, -0.25) is 4.79 Å². The number of nitrogens with one attached hydrogen (secondary N) is 1.